The van der Waals surface area contributed by atoms with Crippen LogP contribution in [0, 0.1) is 11.3 Å². The van der Waals surface area contributed by atoms with Gasteiger partial charge in [-0.05, 0) is 55.6 Å². The van der Waals surface area contributed by atoms with Crippen molar-refractivity contribution in [2.75, 3.05) is 7.11 Å². The first-order valence-corrected chi connectivity index (χ1v) is 7.26. The Labute approximate surface area is 132 Å². The molecular weight excluding hydrogens is 388 g/mol. The van der Waals surface area contributed by atoms with Gasteiger partial charge >= 0.3 is 0 Å². The van der Waals surface area contributed by atoms with Crippen molar-refractivity contribution in [1.82, 2.24) is 4.57 Å². The highest BCUT2D eigenvalue weighted by atomic mass is 79.9. The molecule has 0 radical (unpaired) electrons. The monoisotopic (exact) mass is 396 g/mol. The van der Waals surface area contributed by atoms with E-state index in [4.69, 9.17) is 10.00 Å². The topological polar surface area (TPSA) is 55.0 Å². The molecule has 20 heavy (non-hydrogen) atoms. The predicted molar refractivity (Wildman–Crippen MR) is 82.9 cm³/mol. The Morgan fingerprint density at radius 2 is 2.10 bits per heavy atom. The lowest BCUT2D eigenvalue weighted by Crippen LogP contribution is -2.20. The van der Waals surface area contributed by atoms with Crippen LogP contribution in [-0.4, -0.2) is 11.7 Å². The molecule has 0 unspecified atom stereocenters. The maximum absolute atomic E-state index is 12.0. The van der Waals surface area contributed by atoms with Crippen molar-refractivity contribution in [2.45, 2.75) is 6.54 Å². The lowest BCUT2D eigenvalue weighted by atomic mass is 10.1. The summed E-state index contributed by atoms with van der Waals surface area (Å²) in [6.45, 7) is 0.384. The second-order valence-corrected chi connectivity index (χ2v) is 5.86. The molecular formula is C14H10Br2N2O2. The highest BCUT2D eigenvalue weighted by molar-refractivity contribution is 9.11. The van der Waals surface area contributed by atoms with Gasteiger partial charge in [0, 0.05) is 10.7 Å². The van der Waals surface area contributed by atoms with E-state index in [1.54, 1.807) is 29.0 Å². The average molecular weight is 398 g/mol. The van der Waals surface area contributed by atoms with Crippen LogP contribution in [0.4, 0.5) is 0 Å². The summed E-state index contributed by atoms with van der Waals surface area (Å²) in [5, 5.41) is 9.07. The first-order chi connectivity index (χ1) is 9.55. The maximum Gasteiger partial charge on any atom is 0.265 e. The SMILES string of the molecule is COc1ccc(Cn2cc(Br)cc(Br)c2=O)cc1C#N. The van der Waals surface area contributed by atoms with Gasteiger partial charge in [0.15, 0.2) is 0 Å². The number of methoxy groups -OCH3 is 1. The van der Waals surface area contributed by atoms with Gasteiger partial charge in [-0.15, -0.1) is 0 Å². The van der Waals surface area contributed by atoms with E-state index in [9.17, 15) is 4.79 Å². The van der Waals surface area contributed by atoms with E-state index < -0.39 is 0 Å². The molecule has 0 aliphatic carbocycles. The Kier molecular flexibility index (Phi) is 4.63. The van der Waals surface area contributed by atoms with Crippen molar-refractivity contribution >= 4 is 31.9 Å². The summed E-state index contributed by atoms with van der Waals surface area (Å²) in [6.07, 6.45) is 1.71. The van der Waals surface area contributed by atoms with Crippen molar-refractivity contribution in [3.8, 4) is 11.8 Å². The van der Waals surface area contributed by atoms with E-state index in [0.717, 1.165) is 10.0 Å². The zero-order valence-electron chi connectivity index (χ0n) is 10.6. The van der Waals surface area contributed by atoms with Crippen molar-refractivity contribution < 1.29 is 4.74 Å². The van der Waals surface area contributed by atoms with Crippen molar-refractivity contribution in [3.63, 3.8) is 0 Å². The van der Waals surface area contributed by atoms with E-state index in [2.05, 4.69) is 37.9 Å². The summed E-state index contributed by atoms with van der Waals surface area (Å²) in [5.41, 5.74) is 1.18. The molecule has 0 atom stereocenters. The third-order valence-electron chi connectivity index (χ3n) is 2.75. The Bertz CT molecular complexity index is 748. The smallest absolute Gasteiger partial charge is 0.265 e. The van der Waals surface area contributed by atoms with Gasteiger partial charge in [-0.1, -0.05) is 6.07 Å². The predicted octanol–water partition coefficient (Wildman–Crippen LogP) is 3.30. The Balaban J connectivity index is 2.41. The van der Waals surface area contributed by atoms with E-state index in [1.807, 2.05) is 6.07 Å². The fourth-order valence-corrected chi connectivity index (χ4v) is 3.08. The Morgan fingerprint density at radius 3 is 2.75 bits per heavy atom. The molecule has 0 aliphatic rings. The fraction of sp³-hybridized carbons (Fsp3) is 0.143. The number of ether oxygens (including phenoxy) is 1. The normalized spacial score (nSPS) is 10.1. The standard InChI is InChI=1S/C14H10Br2N2O2/c1-20-13-3-2-9(4-10(13)6-17)7-18-8-11(15)5-12(16)14(18)19/h2-5,8H,7H2,1H3. The van der Waals surface area contributed by atoms with Gasteiger partial charge in [-0.25, -0.2) is 0 Å². The van der Waals surface area contributed by atoms with E-state index in [0.29, 0.717) is 22.3 Å². The molecule has 0 bridgehead atoms. The number of pyridine rings is 1. The highest BCUT2D eigenvalue weighted by Gasteiger charge is 2.07. The van der Waals surface area contributed by atoms with Gasteiger partial charge in [0.1, 0.15) is 11.8 Å². The number of hydrogen-bond acceptors (Lipinski definition) is 3. The minimum atomic E-state index is -0.123. The summed E-state index contributed by atoms with van der Waals surface area (Å²) < 4.78 is 7.95. The largest absolute Gasteiger partial charge is 0.495 e. The molecule has 0 saturated carbocycles. The third-order valence-corrected chi connectivity index (χ3v) is 3.75. The molecule has 1 heterocycles. The number of benzene rings is 1. The lowest BCUT2D eigenvalue weighted by Gasteiger charge is -2.09. The van der Waals surface area contributed by atoms with E-state index in [1.165, 1.54) is 7.11 Å². The van der Waals surface area contributed by atoms with Crippen LogP contribution < -0.4 is 10.3 Å². The van der Waals surface area contributed by atoms with Gasteiger partial charge in [0.25, 0.3) is 5.56 Å². The molecule has 0 aliphatic heterocycles. The van der Waals surface area contributed by atoms with Crippen LogP contribution in [0.15, 0.2) is 44.2 Å². The Morgan fingerprint density at radius 1 is 1.35 bits per heavy atom. The van der Waals surface area contributed by atoms with E-state index >= 15 is 0 Å². The van der Waals surface area contributed by atoms with Crippen LogP contribution in [0.2, 0.25) is 0 Å². The molecule has 6 heteroatoms. The first-order valence-electron chi connectivity index (χ1n) is 5.67. The van der Waals surface area contributed by atoms with Crippen LogP contribution in [-0.2, 0) is 6.54 Å². The van der Waals surface area contributed by atoms with Crippen molar-refractivity contribution in [3.05, 3.63) is 60.9 Å². The molecule has 0 N–H and O–H groups in total. The number of hydrogen-bond donors (Lipinski definition) is 0. The molecule has 0 spiro atoms. The zero-order valence-corrected chi connectivity index (χ0v) is 13.7. The Hall–Kier alpha value is -1.58. The van der Waals surface area contributed by atoms with Gasteiger partial charge in [0.05, 0.1) is 23.7 Å². The number of nitriles is 1. The number of halogens is 2. The summed E-state index contributed by atoms with van der Waals surface area (Å²) >= 11 is 6.57. The van der Waals surface area contributed by atoms with Crippen LogP contribution in [0.1, 0.15) is 11.1 Å². The quantitative estimate of drug-likeness (QED) is 0.798. The summed E-state index contributed by atoms with van der Waals surface area (Å²) in [7, 11) is 1.52. The van der Waals surface area contributed by atoms with Crippen molar-refractivity contribution in [1.29, 1.82) is 5.26 Å². The zero-order chi connectivity index (χ0) is 14.7. The molecule has 1 aromatic carbocycles. The molecule has 0 saturated heterocycles. The molecule has 2 rings (SSSR count). The minimum Gasteiger partial charge on any atom is -0.495 e. The number of nitrogens with zero attached hydrogens (tertiary/aromatic N) is 2. The first kappa shape index (κ1) is 14.8. The van der Waals surface area contributed by atoms with Crippen LogP contribution in [0.5, 0.6) is 5.75 Å². The number of aromatic nitrogens is 1. The molecule has 102 valence electrons. The van der Waals surface area contributed by atoms with E-state index in [-0.39, 0.29) is 5.56 Å². The molecule has 1 aromatic heterocycles. The van der Waals surface area contributed by atoms with Crippen LogP contribution >= 0.6 is 31.9 Å². The van der Waals surface area contributed by atoms with Gasteiger partial charge < -0.3 is 9.30 Å². The van der Waals surface area contributed by atoms with Gasteiger partial charge in [0.2, 0.25) is 0 Å². The third kappa shape index (κ3) is 3.11. The second kappa shape index (κ2) is 6.25. The second-order valence-electron chi connectivity index (χ2n) is 4.09. The van der Waals surface area contributed by atoms with Crippen LogP contribution in [0.3, 0.4) is 0 Å². The summed E-state index contributed by atoms with van der Waals surface area (Å²) in [5.74, 6) is 0.527. The van der Waals surface area contributed by atoms with Gasteiger partial charge in [-0.3, -0.25) is 4.79 Å². The van der Waals surface area contributed by atoms with Gasteiger partial charge in [-0.2, -0.15) is 5.26 Å². The minimum absolute atomic E-state index is 0.123. The van der Waals surface area contributed by atoms with Crippen molar-refractivity contribution in [2.24, 2.45) is 0 Å². The number of rotatable bonds is 3. The average Bonchev–Trinajstić information content (AvgIpc) is 2.44. The molecule has 0 fully saturated rings. The maximum atomic E-state index is 12.0. The molecule has 4 nitrogen and oxygen atoms in total. The molecule has 2 aromatic rings. The molecule has 0 amide bonds. The fourth-order valence-electron chi connectivity index (χ4n) is 1.82. The lowest BCUT2D eigenvalue weighted by molar-refractivity contribution is 0.413. The summed E-state index contributed by atoms with van der Waals surface area (Å²) in [6, 6.07) is 9.07. The highest BCUT2D eigenvalue weighted by Crippen LogP contribution is 2.20. The summed E-state index contributed by atoms with van der Waals surface area (Å²) in [4.78, 5) is 12.0. The van der Waals surface area contributed by atoms with Crippen LogP contribution in [0.25, 0.3) is 0 Å².